The van der Waals surface area contributed by atoms with E-state index in [9.17, 15) is 0 Å². The van der Waals surface area contributed by atoms with Crippen LogP contribution in [0.4, 0.5) is 0 Å². The number of ether oxygens (including phenoxy) is 2. The van der Waals surface area contributed by atoms with Gasteiger partial charge in [-0.25, -0.2) is 0 Å². The van der Waals surface area contributed by atoms with Gasteiger partial charge in [-0.05, 0) is 41.5 Å². The summed E-state index contributed by atoms with van der Waals surface area (Å²) in [5, 5.41) is 3.42. The van der Waals surface area contributed by atoms with Gasteiger partial charge in [0.15, 0.2) is 0 Å². The van der Waals surface area contributed by atoms with Gasteiger partial charge in [-0.1, -0.05) is 0 Å². The van der Waals surface area contributed by atoms with Crippen molar-refractivity contribution in [2.45, 2.75) is 59.3 Å². The highest BCUT2D eigenvalue weighted by Crippen LogP contribution is 2.02. The van der Waals surface area contributed by atoms with Crippen molar-refractivity contribution in [1.82, 2.24) is 5.32 Å². The average molecular weight is 217 g/mol. The first kappa shape index (κ1) is 14.9. The van der Waals surface area contributed by atoms with Crippen LogP contribution in [0.5, 0.6) is 0 Å². The van der Waals surface area contributed by atoms with Crippen molar-refractivity contribution in [3.8, 4) is 0 Å². The summed E-state index contributed by atoms with van der Waals surface area (Å²) in [4.78, 5) is 0. The normalized spacial score (nSPS) is 16.4. The van der Waals surface area contributed by atoms with Crippen molar-refractivity contribution in [3.05, 3.63) is 0 Å². The highest BCUT2D eigenvalue weighted by Gasteiger charge is 2.13. The van der Waals surface area contributed by atoms with Gasteiger partial charge in [-0.15, -0.1) is 0 Å². The molecule has 3 heteroatoms. The fourth-order valence-corrected chi connectivity index (χ4v) is 1.22. The van der Waals surface area contributed by atoms with Gasteiger partial charge in [0.1, 0.15) is 0 Å². The summed E-state index contributed by atoms with van der Waals surface area (Å²) in [6.45, 7) is 14.9. The maximum atomic E-state index is 5.76. The Morgan fingerprint density at radius 1 is 1.13 bits per heavy atom. The quantitative estimate of drug-likeness (QED) is 0.709. The fourth-order valence-electron chi connectivity index (χ4n) is 1.22. The minimum absolute atomic E-state index is 0.154. The molecule has 92 valence electrons. The van der Waals surface area contributed by atoms with Crippen molar-refractivity contribution in [2.24, 2.45) is 0 Å². The molecule has 0 fully saturated rings. The summed E-state index contributed by atoms with van der Waals surface area (Å²) < 4.78 is 11.1. The highest BCUT2D eigenvalue weighted by molar-refractivity contribution is 4.72. The third kappa shape index (κ3) is 10.2. The lowest BCUT2D eigenvalue weighted by Crippen LogP contribution is -2.41. The molecule has 0 saturated carbocycles. The van der Waals surface area contributed by atoms with Gasteiger partial charge in [-0.2, -0.15) is 0 Å². The second kappa shape index (κ2) is 7.20. The third-order valence-corrected chi connectivity index (χ3v) is 1.94. The molecule has 0 aliphatic rings. The van der Waals surface area contributed by atoms with Gasteiger partial charge < -0.3 is 14.8 Å². The Bertz CT molecular complexity index is 154. The first-order chi connectivity index (χ1) is 6.85. The van der Waals surface area contributed by atoms with Crippen LogP contribution in [-0.2, 0) is 9.47 Å². The molecule has 1 N–H and O–H groups in total. The summed E-state index contributed by atoms with van der Waals surface area (Å²) in [5.41, 5.74) is 0.154. The van der Waals surface area contributed by atoms with Crippen molar-refractivity contribution < 1.29 is 9.47 Å². The molecule has 2 unspecified atom stereocenters. The zero-order valence-electron chi connectivity index (χ0n) is 11.1. The summed E-state index contributed by atoms with van der Waals surface area (Å²) >= 11 is 0. The summed E-state index contributed by atoms with van der Waals surface area (Å²) in [7, 11) is 0. The van der Waals surface area contributed by atoms with Gasteiger partial charge in [0, 0.05) is 18.7 Å². The summed E-state index contributed by atoms with van der Waals surface area (Å²) in [6.07, 6.45) is 0.390. The maximum absolute atomic E-state index is 5.76. The number of rotatable bonds is 7. The molecule has 0 aliphatic heterocycles. The SMILES string of the molecule is CCOCC(C)OC(C)CNC(C)(C)C. The molecule has 0 radical (unpaired) electrons. The van der Waals surface area contributed by atoms with Crippen LogP contribution >= 0.6 is 0 Å². The lowest BCUT2D eigenvalue weighted by molar-refractivity contribution is -0.0398. The van der Waals surface area contributed by atoms with Gasteiger partial charge in [0.2, 0.25) is 0 Å². The van der Waals surface area contributed by atoms with Crippen molar-refractivity contribution in [2.75, 3.05) is 19.8 Å². The monoisotopic (exact) mass is 217 g/mol. The van der Waals surface area contributed by atoms with E-state index in [1.807, 2.05) is 13.8 Å². The van der Waals surface area contributed by atoms with Crippen molar-refractivity contribution in [1.29, 1.82) is 0 Å². The molecular formula is C12H27NO2. The van der Waals surface area contributed by atoms with E-state index >= 15 is 0 Å². The van der Waals surface area contributed by atoms with E-state index in [-0.39, 0.29) is 17.7 Å². The first-order valence-electron chi connectivity index (χ1n) is 5.83. The molecule has 0 saturated heterocycles. The molecule has 0 heterocycles. The first-order valence-corrected chi connectivity index (χ1v) is 5.83. The smallest absolute Gasteiger partial charge is 0.0784 e. The second-order valence-electron chi connectivity index (χ2n) is 5.05. The predicted octanol–water partition coefficient (Wildman–Crippen LogP) is 2.20. The molecule has 2 atom stereocenters. The lowest BCUT2D eigenvalue weighted by Gasteiger charge is -2.25. The van der Waals surface area contributed by atoms with Gasteiger partial charge >= 0.3 is 0 Å². The number of hydrogen-bond acceptors (Lipinski definition) is 3. The van der Waals surface area contributed by atoms with Crippen LogP contribution in [0.1, 0.15) is 41.5 Å². The Kier molecular flexibility index (Phi) is 7.14. The van der Waals surface area contributed by atoms with Crippen molar-refractivity contribution in [3.63, 3.8) is 0 Å². The minimum atomic E-state index is 0.154. The Morgan fingerprint density at radius 2 is 1.73 bits per heavy atom. The van der Waals surface area contributed by atoms with Gasteiger partial charge in [0.05, 0.1) is 18.8 Å². The Balaban J connectivity index is 3.59. The van der Waals surface area contributed by atoms with E-state index in [0.717, 1.165) is 13.2 Å². The van der Waals surface area contributed by atoms with E-state index in [1.54, 1.807) is 0 Å². The maximum Gasteiger partial charge on any atom is 0.0784 e. The molecule has 0 aromatic carbocycles. The molecule has 3 nitrogen and oxygen atoms in total. The number of nitrogens with one attached hydrogen (secondary N) is 1. The Morgan fingerprint density at radius 3 is 2.20 bits per heavy atom. The van der Waals surface area contributed by atoms with Gasteiger partial charge in [-0.3, -0.25) is 0 Å². The zero-order chi connectivity index (χ0) is 11.9. The van der Waals surface area contributed by atoms with Crippen LogP contribution < -0.4 is 5.32 Å². The fraction of sp³-hybridized carbons (Fsp3) is 1.00. The Labute approximate surface area is 94.5 Å². The Hall–Kier alpha value is -0.120. The molecule has 0 spiro atoms. The number of hydrogen-bond donors (Lipinski definition) is 1. The van der Waals surface area contributed by atoms with Crippen molar-refractivity contribution >= 4 is 0 Å². The molecule has 0 rings (SSSR count). The molecule has 0 aromatic heterocycles. The van der Waals surface area contributed by atoms with Crippen LogP contribution in [-0.4, -0.2) is 37.5 Å². The molecular weight excluding hydrogens is 190 g/mol. The average Bonchev–Trinajstić information content (AvgIpc) is 2.10. The van der Waals surface area contributed by atoms with E-state index in [1.165, 1.54) is 0 Å². The highest BCUT2D eigenvalue weighted by atomic mass is 16.5. The lowest BCUT2D eigenvalue weighted by atomic mass is 10.1. The molecule has 0 aliphatic carbocycles. The zero-order valence-corrected chi connectivity index (χ0v) is 11.1. The largest absolute Gasteiger partial charge is 0.379 e. The van der Waals surface area contributed by atoms with Crippen LogP contribution in [0.3, 0.4) is 0 Å². The minimum Gasteiger partial charge on any atom is -0.379 e. The van der Waals surface area contributed by atoms with Crippen LogP contribution in [0.25, 0.3) is 0 Å². The summed E-state index contributed by atoms with van der Waals surface area (Å²) in [5.74, 6) is 0. The molecule has 0 aromatic rings. The van der Waals surface area contributed by atoms with Crippen LogP contribution in [0, 0.1) is 0 Å². The van der Waals surface area contributed by atoms with Crippen LogP contribution in [0.15, 0.2) is 0 Å². The predicted molar refractivity (Wildman–Crippen MR) is 64.3 cm³/mol. The van der Waals surface area contributed by atoms with E-state index in [4.69, 9.17) is 9.47 Å². The standard InChI is InChI=1S/C12H27NO2/c1-7-14-9-11(3)15-10(2)8-13-12(4,5)6/h10-11,13H,7-9H2,1-6H3. The van der Waals surface area contributed by atoms with E-state index in [0.29, 0.717) is 6.61 Å². The summed E-state index contributed by atoms with van der Waals surface area (Å²) in [6, 6.07) is 0. The molecule has 0 amide bonds. The van der Waals surface area contributed by atoms with Crippen LogP contribution in [0.2, 0.25) is 0 Å². The van der Waals surface area contributed by atoms with E-state index in [2.05, 4.69) is 33.0 Å². The topological polar surface area (TPSA) is 30.5 Å². The molecule has 15 heavy (non-hydrogen) atoms. The van der Waals surface area contributed by atoms with Gasteiger partial charge in [0.25, 0.3) is 0 Å². The second-order valence-corrected chi connectivity index (χ2v) is 5.05. The molecule has 0 bridgehead atoms. The van der Waals surface area contributed by atoms with E-state index < -0.39 is 0 Å². The third-order valence-electron chi connectivity index (χ3n) is 1.94.